The standard InChI is InChI=1S/C29H19BrO/c30-20-13-14-21-22-15-18-7-1-2-8-19(18)16-25(22)29(26(21)17-20)23-9-3-5-11-27(23)31-28-12-6-4-10-24(28)29/h1,3-7,9-17H,2,8H2. The lowest BCUT2D eigenvalue weighted by atomic mass is 9.65. The number of ether oxygens (including phenoxy) is 1. The smallest absolute Gasteiger partial charge is 0.132 e. The van der Waals surface area contributed by atoms with Gasteiger partial charge in [-0.15, -0.1) is 0 Å². The van der Waals surface area contributed by atoms with Crippen LogP contribution in [0.5, 0.6) is 11.5 Å². The highest BCUT2D eigenvalue weighted by Crippen LogP contribution is 2.62. The molecule has 31 heavy (non-hydrogen) atoms. The number of hydrogen-bond donors (Lipinski definition) is 0. The van der Waals surface area contributed by atoms with Crippen LogP contribution < -0.4 is 4.74 Å². The fraction of sp³-hybridized carbons (Fsp3) is 0.103. The van der Waals surface area contributed by atoms with Crippen LogP contribution in [0.2, 0.25) is 0 Å². The van der Waals surface area contributed by atoms with E-state index in [4.69, 9.17) is 4.74 Å². The topological polar surface area (TPSA) is 9.23 Å². The van der Waals surface area contributed by atoms with Gasteiger partial charge in [-0.25, -0.2) is 0 Å². The van der Waals surface area contributed by atoms with Crippen LogP contribution in [-0.4, -0.2) is 0 Å². The second-order valence-electron chi connectivity index (χ2n) is 8.57. The number of benzene rings is 4. The average molecular weight is 463 g/mol. The van der Waals surface area contributed by atoms with Gasteiger partial charge in [-0.3, -0.25) is 0 Å². The molecule has 0 radical (unpaired) electrons. The molecule has 0 aromatic heterocycles. The fourth-order valence-corrected chi connectivity index (χ4v) is 6.16. The summed E-state index contributed by atoms with van der Waals surface area (Å²) in [5.41, 5.74) is 10.2. The highest BCUT2D eigenvalue weighted by atomic mass is 79.9. The summed E-state index contributed by atoms with van der Waals surface area (Å²) in [7, 11) is 0. The van der Waals surface area contributed by atoms with Crippen molar-refractivity contribution in [1.29, 1.82) is 0 Å². The zero-order chi connectivity index (χ0) is 20.6. The van der Waals surface area contributed by atoms with Crippen LogP contribution in [0.1, 0.15) is 39.8 Å². The lowest BCUT2D eigenvalue weighted by Crippen LogP contribution is -2.32. The van der Waals surface area contributed by atoms with E-state index in [0.717, 1.165) is 28.8 Å². The van der Waals surface area contributed by atoms with E-state index in [-0.39, 0.29) is 5.41 Å². The molecule has 0 atom stereocenters. The van der Waals surface area contributed by atoms with E-state index in [2.05, 4.69) is 107 Å². The normalized spacial score (nSPS) is 16.0. The maximum absolute atomic E-state index is 6.41. The van der Waals surface area contributed by atoms with Crippen molar-refractivity contribution >= 4 is 22.0 Å². The molecule has 148 valence electrons. The largest absolute Gasteiger partial charge is 0.457 e. The minimum atomic E-state index is -0.379. The quantitative estimate of drug-likeness (QED) is 0.223. The van der Waals surface area contributed by atoms with Crippen LogP contribution in [0.15, 0.2) is 89.4 Å². The lowest BCUT2D eigenvalue weighted by molar-refractivity contribution is 0.436. The first-order chi connectivity index (χ1) is 15.3. The van der Waals surface area contributed by atoms with Crippen LogP contribution in [0.25, 0.3) is 17.2 Å². The van der Waals surface area contributed by atoms with Crippen molar-refractivity contribution in [3.8, 4) is 22.6 Å². The van der Waals surface area contributed by atoms with Crippen molar-refractivity contribution < 1.29 is 4.74 Å². The first-order valence-electron chi connectivity index (χ1n) is 10.8. The van der Waals surface area contributed by atoms with Gasteiger partial charge in [-0.05, 0) is 76.6 Å². The van der Waals surface area contributed by atoms with Crippen LogP contribution in [0, 0.1) is 0 Å². The fourth-order valence-electron chi connectivity index (χ4n) is 5.80. The summed E-state index contributed by atoms with van der Waals surface area (Å²) in [4.78, 5) is 0. The maximum atomic E-state index is 6.41. The molecule has 1 heterocycles. The number of allylic oxidation sites excluding steroid dienone is 1. The van der Waals surface area contributed by atoms with E-state index in [1.54, 1.807) is 0 Å². The van der Waals surface area contributed by atoms with E-state index < -0.39 is 0 Å². The molecular formula is C29H19BrO. The lowest BCUT2D eigenvalue weighted by Gasteiger charge is -2.39. The molecule has 2 heteroatoms. The van der Waals surface area contributed by atoms with Crippen LogP contribution in [-0.2, 0) is 11.8 Å². The van der Waals surface area contributed by atoms with Crippen molar-refractivity contribution in [3.63, 3.8) is 0 Å². The Kier molecular flexibility index (Phi) is 3.52. The summed E-state index contributed by atoms with van der Waals surface area (Å²) < 4.78 is 7.52. The maximum Gasteiger partial charge on any atom is 0.132 e. The zero-order valence-corrected chi connectivity index (χ0v) is 18.4. The Hall–Kier alpha value is -3.10. The van der Waals surface area contributed by atoms with Crippen molar-refractivity contribution in [1.82, 2.24) is 0 Å². The predicted molar refractivity (Wildman–Crippen MR) is 129 cm³/mol. The summed E-state index contributed by atoms with van der Waals surface area (Å²) in [6.45, 7) is 0. The van der Waals surface area contributed by atoms with Gasteiger partial charge in [-0.2, -0.15) is 0 Å². The summed E-state index contributed by atoms with van der Waals surface area (Å²) in [6, 6.07) is 28.7. The number of aryl methyl sites for hydroxylation is 1. The second-order valence-corrected chi connectivity index (χ2v) is 9.49. The first-order valence-corrected chi connectivity index (χ1v) is 11.6. The van der Waals surface area contributed by atoms with E-state index in [0.29, 0.717) is 0 Å². The van der Waals surface area contributed by atoms with Gasteiger partial charge < -0.3 is 4.74 Å². The molecular weight excluding hydrogens is 444 g/mol. The third-order valence-corrected chi connectivity index (χ3v) is 7.53. The van der Waals surface area contributed by atoms with Gasteiger partial charge in [0, 0.05) is 15.6 Å². The van der Waals surface area contributed by atoms with Crippen LogP contribution in [0.4, 0.5) is 0 Å². The Balaban J connectivity index is 1.70. The first kappa shape index (κ1) is 17.6. The molecule has 0 unspecified atom stereocenters. The molecule has 3 aliphatic rings. The number of fused-ring (bicyclic) bond motifs is 10. The van der Waals surface area contributed by atoms with Gasteiger partial charge in [0.2, 0.25) is 0 Å². The Labute approximate surface area is 190 Å². The van der Waals surface area contributed by atoms with Crippen molar-refractivity contribution in [2.45, 2.75) is 18.3 Å². The zero-order valence-electron chi connectivity index (χ0n) is 16.9. The molecule has 4 aromatic rings. The van der Waals surface area contributed by atoms with Gasteiger partial charge in [0.1, 0.15) is 11.5 Å². The highest BCUT2D eigenvalue weighted by molar-refractivity contribution is 9.10. The van der Waals surface area contributed by atoms with E-state index in [1.165, 1.54) is 44.5 Å². The SMILES string of the molecule is Brc1ccc2c(c1)C1(c3ccccc3Oc3ccccc31)c1cc3c(cc1-2)C=CCC3. The van der Waals surface area contributed by atoms with Gasteiger partial charge >= 0.3 is 0 Å². The molecule has 1 aliphatic heterocycles. The van der Waals surface area contributed by atoms with Gasteiger partial charge in [0.05, 0.1) is 5.41 Å². The van der Waals surface area contributed by atoms with E-state index in [1.807, 2.05) is 0 Å². The molecule has 1 spiro atoms. The molecule has 0 bridgehead atoms. The molecule has 0 amide bonds. The third-order valence-electron chi connectivity index (χ3n) is 7.04. The van der Waals surface area contributed by atoms with Crippen molar-refractivity contribution in [3.05, 3.63) is 123 Å². The Bertz CT molecular complexity index is 1380. The molecule has 0 N–H and O–H groups in total. The van der Waals surface area contributed by atoms with Crippen molar-refractivity contribution in [2.24, 2.45) is 0 Å². The summed E-state index contributed by atoms with van der Waals surface area (Å²) in [5, 5.41) is 0. The summed E-state index contributed by atoms with van der Waals surface area (Å²) in [6.07, 6.45) is 6.78. The van der Waals surface area contributed by atoms with Crippen LogP contribution >= 0.6 is 15.9 Å². The number of rotatable bonds is 0. The number of para-hydroxylation sites is 2. The number of halogens is 1. The predicted octanol–water partition coefficient (Wildman–Crippen LogP) is 7.88. The van der Waals surface area contributed by atoms with Gasteiger partial charge in [0.25, 0.3) is 0 Å². The Morgan fingerprint density at radius 3 is 2.19 bits per heavy atom. The van der Waals surface area contributed by atoms with E-state index >= 15 is 0 Å². The van der Waals surface area contributed by atoms with Gasteiger partial charge in [-0.1, -0.05) is 76.6 Å². The number of hydrogen-bond acceptors (Lipinski definition) is 1. The Morgan fingerprint density at radius 2 is 1.42 bits per heavy atom. The highest BCUT2D eigenvalue weighted by Gasteiger charge is 2.51. The average Bonchev–Trinajstić information content (AvgIpc) is 3.07. The third kappa shape index (κ3) is 2.21. The van der Waals surface area contributed by atoms with E-state index in [9.17, 15) is 0 Å². The summed E-state index contributed by atoms with van der Waals surface area (Å²) in [5.74, 6) is 1.88. The molecule has 1 nitrogen and oxygen atoms in total. The minimum absolute atomic E-state index is 0.379. The molecule has 0 saturated carbocycles. The summed E-state index contributed by atoms with van der Waals surface area (Å²) >= 11 is 3.76. The van der Waals surface area contributed by atoms with Gasteiger partial charge in [0.15, 0.2) is 0 Å². The monoisotopic (exact) mass is 462 g/mol. The molecule has 0 saturated heterocycles. The molecule has 4 aromatic carbocycles. The minimum Gasteiger partial charge on any atom is -0.457 e. The Morgan fingerprint density at radius 1 is 0.710 bits per heavy atom. The van der Waals surface area contributed by atoms with Crippen molar-refractivity contribution in [2.75, 3.05) is 0 Å². The van der Waals surface area contributed by atoms with Crippen LogP contribution in [0.3, 0.4) is 0 Å². The molecule has 2 aliphatic carbocycles. The molecule has 7 rings (SSSR count). The molecule has 0 fully saturated rings. The second kappa shape index (κ2) is 6.21.